The van der Waals surface area contributed by atoms with Gasteiger partial charge in [-0.15, -0.1) is 23.2 Å². The van der Waals surface area contributed by atoms with Gasteiger partial charge in [0.25, 0.3) is 5.69 Å². The number of nitro benzene ring substituents is 1. The van der Waals surface area contributed by atoms with Crippen molar-refractivity contribution >= 4 is 92.8 Å². The number of hydrogen-bond acceptors (Lipinski definition) is 4. The molecule has 2 fully saturated rings. The highest BCUT2D eigenvalue weighted by Crippen LogP contribution is 2.77. The zero-order valence-electron chi connectivity index (χ0n) is 13.7. The summed E-state index contributed by atoms with van der Waals surface area (Å²) in [5.74, 6) is -4.10. The highest BCUT2D eigenvalue weighted by Gasteiger charge is 2.87. The Labute approximate surface area is 188 Å². The van der Waals surface area contributed by atoms with Gasteiger partial charge in [0.15, 0.2) is 4.33 Å². The Bertz CT molecular complexity index is 980. The Morgan fingerprint density at radius 1 is 1.00 bits per heavy atom. The van der Waals surface area contributed by atoms with Crippen LogP contribution < -0.4 is 4.90 Å². The summed E-state index contributed by atoms with van der Waals surface area (Å²) in [5, 5.41) is 10.7. The predicted molar refractivity (Wildman–Crippen MR) is 108 cm³/mol. The van der Waals surface area contributed by atoms with Gasteiger partial charge in [0.2, 0.25) is 11.8 Å². The van der Waals surface area contributed by atoms with E-state index >= 15 is 0 Å². The molecule has 0 N–H and O–H groups in total. The van der Waals surface area contributed by atoms with Crippen LogP contribution in [-0.2, 0) is 9.59 Å². The minimum Gasteiger partial charge on any atom is -0.274 e. The molecule has 0 unspecified atom stereocenters. The van der Waals surface area contributed by atoms with Crippen molar-refractivity contribution in [3.63, 3.8) is 0 Å². The van der Waals surface area contributed by atoms with E-state index in [9.17, 15) is 19.7 Å². The molecule has 28 heavy (non-hydrogen) atoms. The Kier molecular flexibility index (Phi) is 4.32. The van der Waals surface area contributed by atoms with Crippen LogP contribution in [-0.4, -0.2) is 30.8 Å². The smallest absolute Gasteiger partial charge is 0.271 e. The molecule has 0 aromatic heterocycles. The van der Waals surface area contributed by atoms with Crippen LogP contribution in [0.15, 0.2) is 28.3 Å². The van der Waals surface area contributed by atoms with Crippen LogP contribution in [0.5, 0.6) is 0 Å². The third kappa shape index (κ3) is 1.99. The topological polar surface area (TPSA) is 80.5 Å². The molecule has 1 saturated heterocycles. The molecule has 1 aliphatic heterocycles. The number of allylic oxidation sites excluding steroid dienone is 2. The Morgan fingerprint density at radius 2 is 1.46 bits per heavy atom. The fourth-order valence-electron chi connectivity index (χ4n) is 4.18. The molecule has 4 rings (SSSR count). The van der Waals surface area contributed by atoms with Crippen molar-refractivity contribution in [1.82, 2.24) is 0 Å². The van der Waals surface area contributed by atoms with Crippen LogP contribution in [0.4, 0.5) is 11.4 Å². The number of anilines is 1. The van der Waals surface area contributed by atoms with E-state index in [1.54, 1.807) is 6.92 Å². The molecule has 1 heterocycles. The second-order valence-corrected chi connectivity index (χ2v) is 10.1. The number of nitrogens with zero attached hydrogens (tertiary/aromatic N) is 2. The van der Waals surface area contributed by atoms with Gasteiger partial charge >= 0.3 is 0 Å². The van der Waals surface area contributed by atoms with Gasteiger partial charge in [0, 0.05) is 12.1 Å². The number of alkyl halides is 4. The van der Waals surface area contributed by atoms with Gasteiger partial charge in [-0.3, -0.25) is 19.7 Å². The molecule has 148 valence electrons. The lowest BCUT2D eigenvalue weighted by Gasteiger charge is -2.34. The van der Waals surface area contributed by atoms with Gasteiger partial charge < -0.3 is 0 Å². The van der Waals surface area contributed by atoms with E-state index < -0.39 is 42.7 Å². The number of non-ortho nitro benzene ring substituents is 1. The summed E-state index contributed by atoms with van der Waals surface area (Å²) in [5.41, 5.74) is 0.209. The standard InChI is InChI=1S/C16H8Cl6N2O4/c1-5-2-3-6(24(27)28)4-7(5)23-12(25)8-9(13(23)26)15(20)11(18)10(17)14(8,19)16(15,21)22/h2-4,8-9H,1H3/t8-,9-,14+,15+/m1/s1. The molecule has 0 spiro atoms. The third-order valence-corrected chi connectivity index (χ3v) is 9.81. The average molecular weight is 505 g/mol. The number of carbonyl (C=O) groups excluding carboxylic acids is 2. The van der Waals surface area contributed by atoms with Gasteiger partial charge in [-0.05, 0) is 12.5 Å². The maximum atomic E-state index is 13.3. The van der Waals surface area contributed by atoms with E-state index in [-0.39, 0.29) is 21.4 Å². The first-order valence-corrected chi connectivity index (χ1v) is 10.0. The van der Waals surface area contributed by atoms with Crippen molar-refractivity contribution in [3.8, 4) is 0 Å². The molecular formula is C16H8Cl6N2O4. The minimum atomic E-state index is -2.03. The molecule has 2 aliphatic carbocycles. The average Bonchev–Trinajstić information content (AvgIpc) is 3.00. The highest BCUT2D eigenvalue weighted by atomic mass is 35.5. The first-order valence-electron chi connectivity index (χ1n) is 7.78. The molecule has 1 aromatic rings. The minimum absolute atomic E-state index is 0.0422. The fraction of sp³-hybridized carbons (Fsp3) is 0.375. The second kappa shape index (κ2) is 5.90. The number of rotatable bonds is 2. The predicted octanol–water partition coefficient (Wildman–Crippen LogP) is 4.85. The zero-order valence-corrected chi connectivity index (χ0v) is 18.2. The normalized spacial score (nSPS) is 35.8. The molecule has 6 nitrogen and oxygen atoms in total. The molecule has 2 bridgehead atoms. The van der Waals surface area contributed by atoms with Gasteiger partial charge in [0.1, 0.15) is 9.75 Å². The molecule has 1 aromatic carbocycles. The van der Waals surface area contributed by atoms with E-state index in [0.29, 0.717) is 5.56 Å². The number of halogens is 6. The van der Waals surface area contributed by atoms with Crippen LogP contribution in [0.2, 0.25) is 0 Å². The maximum absolute atomic E-state index is 13.3. The van der Waals surface area contributed by atoms with Crippen LogP contribution in [0.1, 0.15) is 5.56 Å². The quantitative estimate of drug-likeness (QED) is 0.249. The summed E-state index contributed by atoms with van der Waals surface area (Å²) in [6.45, 7) is 1.60. The van der Waals surface area contributed by atoms with Crippen molar-refractivity contribution in [1.29, 1.82) is 0 Å². The number of imide groups is 1. The van der Waals surface area contributed by atoms with E-state index in [2.05, 4.69) is 0 Å². The number of carbonyl (C=O) groups is 2. The van der Waals surface area contributed by atoms with Gasteiger partial charge in [-0.2, -0.15) is 0 Å². The fourth-order valence-corrected chi connectivity index (χ4v) is 7.11. The Hall–Kier alpha value is -0.760. The number of hydrogen-bond donors (Lipinski definition) is 0. The van der Waals surface area contributed by atoms with Gasteiger partial charge in [0.05, 0.1) is 32.5 Å². The van der Waals surface area contributed by atoms with Crippen LogP contribution in [0.3, 0.4) is 0 Å². The second-order valence-electron chi connectivity index (χ2n) is 6.82. The van der Waals surface area contributed by atoms with Crippen LogP contribution in [0, 0.1) is 28.9 Å². The van der Waals surface area contributed by atoms with Crippen molar-refractivity contribution in [2.45, 2.75) is 21.0 Å². The lowest BCUT2D eigenvalue weighted by molar-refractivity contribution is -0.384. The number of fused-ring (bicyclic) bond motifs is 5. The summed E-state index contributed by atoms with van der Waals surface area (Å²) >= 11 is 38.5. The first kappa shape index (κ1) is 20.5. The maximum Gasteiger partial charge on any atom is 0.271 e. The SMILES string of the molecule is Cc1ccc([N+](=O)[O-])cc1N1C(=O)[C@H]2[C@H](C1=O)[C@]1(Cl)C(Cl)=C(Cl)[C@]2(Cl)C1(Cl)Cl. The molecular weight excluding hydrogens is 497 g/mol. The van der Waals surface area contributed by atoms with Crippen molar-refractivity contribution < 1.29 is 14.5 Å². The molecule has 2 amide bonds. The molecule has 0 radical (unpaired) electrons. The van der Waals surface area contributed by atoms with E-state index in [0.717, 1.165) is 11.0 Å². The molecule has 1 saturated carbocycles. The van der Waals surface area contributed by atoms with Crippen molar-refractivity contribution in [2.75, 3.05) is 4.90 Å². The number of benzene rings is 1. The third-order valence-electron chi connectivity index (χ3n) is 5.55. The Morgan fingerprint density at radius 3 is 1.89 bits per heavy atom. The summed E-state index contributed by atoms with van der Waals surface area (Å²) in [6, 6.07) is 3.81. The van der Waals surface area contributed by atoms with Crippen LogP contribution >= 0.6 is 69.6 Å². The van der Waals surface area contributed by atoms with E-state index in [4.69, 9.17) is 69.6 Å². The first-order chi connectivity index (χ1) is 12.8. The van der Waals surface area contributed by atoms with E-state index in [1.165, 1.54) is 12.1 Å². The number of nitro groups is 1. The van der Waals surface area contributed by atoms with Crippen molar-refractivity contribution in [2.24, 2.45) is 11.8 Å². The number of aryl methyl sites for hydroxylation is 1. The highest BCUT2D eigenvalue weighted by molar-refractivity contribution is 6.67. The van der Waals surface area contributed by atoms with Gasteiger partial charge in [-0.1, -0.05) is 52.5 Å². The monoisotopic (exact) mass is 502 g/mol. The summed E-state index contributed by atoms with van der Waals surface area (Å²) in [7, 11) is 0. The van der Waals surface area contributed by atoms with E-state index in [1.807, 2.05) is 0 Å². The summed E-state index contributed by atoms with van der Waals surface area (Å²) < 4.78 is -2.03. The van der Waals surface area contributed by atoms with Crippen LogP contribution in [0.25, 0.3) is 0 Å². The molecule has 4 atom stereocenters. The summed E-state index contributed by atoms with van der Waals surface area (Å²) in [4.78, 5) is 34.0. The lowest BCUT2D eigenvalue weighted by atomic mass is 9.84. The van der Waals surface area contributed by atoms with Crippen molar-refractivity contribution in [3.05, 3.63) is 43.9 Å². The summed E-state index contributed by atoms with van der Waals surface area (Å²) in [6.07, 6.45) is 0. The van der Waals surface area contributed by atoms with Gasteiger partial charge in [-0.25, -0.2) is 4.90 Å². The molecule has 3 aliphatic rings. The largest absolute Gasteiger partial charge is 0.274 e. The lowest BCUT2D eigenvalue weighted by Crippen LogP contribution is -2.50. The zero-order chi connectivity index (χ0) is 21.0. The molecule has 12 heteroatoms. The number of amides is 2. The Balaban J connectivity index is 1.91.